The molecular formula is C9H9N3O2S. The summed E-state index contributed by atoms with van der Waals surface area (Å²) in [6.45, 7) is 2.82. The lowest BCUT2D eigenvalue weighted by molar-refractivity contribution is -0.385. The van der Waals surface area contributed by atoms with Gasteiger partial charge in [-0.3, -0.25) is 10.1 Å². The SMILES string of the molecule is CCN1C=Nc2ccc([N+](=O)[O-])cc2S1. The molecule has 15 heavy (non-hydrogen) atoms. The van der Waals surface area contributed by atoms with Gasteiger partial charge in [-0.05, 0) is 24.9 Å². The van der Waals surface area contributed by atoms with E-state index in [1.165, 1.54) is 18.0 Å². The van der Waals surface area contributed by atoms with Crippen molar-refractivity contribution in [3.05, 3.63) is 28.3 Å². The molecule has 0 spiro atoms. The van der Waals surface area contributed by atoms with Gasteiger partial charge in [-0.15, -0.1) is 0 Å². The molecule has 0 amide bonds. The first-order valence-corrected chi connectivity index (χ1v) is 5.25. The Morgan fingerprint density at radius 3 is 3.07 bits per heavy atom. The molecule has 0 unspecified atom stereocenters. The molecule has 0 aromatic heterocycles. The van der Waals surface area contributed by atoms with E-state index in [1.54, 1.807) is 18.5 Å². The fraction of sp³-hybridized carbons (Fsp3) is 0.222. The summed E-state index contributed by atoms with van der Waals surface area (Å²) in [5.41, 5.74) is 0.893. The number of hydrogen-bond donors (Lipinski definition) is 0. The molecule has 0 N–H and O–H groups in total. The Morgan fingerprint density at radius 1 is 1.60 bits per heavy atom. The van der Waals surface area contributed by atoms with Crippen LogP contribution in [0, 0.1) is 10.1 Å². The highest BCUT2D eigenvalue weighted by Gasteiger charge is 2.15. The van der Waals surface area contributed by atoms with Crippen LogP contribution in [0.25, 0.3) is 0 Å². The highest BCUT2D eigenvalue weighted by molar-refractivity contribution is 7.97. The molecule has 1 aromatic carbocycles. The quantitative estimate of drug-likeness (QED) is 0.439. The molecule has 1 aliphatic rings. The van der Waals surface area contributed by atoms with E-state index in [4.69, 9.17) is 0 Å². The maximum atomic E-state index is 10.6. The first kappa shape index (κ1) is 9.97. The predicted octanol–water partition coefficient (Wildman–Crippen LogP) is 2.60. The molecule has 1 heterocycles. The third kappa shape index (κ3) is 1.94. The van der Waals surface area contributed by atoms with Gasteiger partial charge in [0.15, 0.2) is 0 Å². The molecule has 0 bridgehead atoms. The van der Waals surface area contributed by atoms with Crippen molar-refractivity contribution in [1.29, 1.82) is 0 Å². The van der Waals surface area contributed by atoms with E-state index in [-0.39, 0.29) is 5.69 Å². The first-order valence-electron chi connectivity index (χ1n) is 4.48. The minimum absolute atomic E-state index is 0.106. The highest BCUT2D eigenvalue weighted by atomic mass is 32.2. The van der Waals surface area contributed by atoms with E-state index in [0.717, 1.165) is 17.1 Å². The zero-order valence-corrected chi connectivity index (χ0v) is 8.90. The lowest BCUT2D eigenvalue weighted by Crippen LogP contribution is -2.14. The van der Waals surface area contributed by atoms with Crippen LogP contribution in [0.3, 0.4) is 0 Å². The standard InChI is InChI=1S/C9H9N3O2S/c1-2-11-6-10-8-4-3-7(12(13)14)5-9(8)15-11/h3-6H,2H2,1H3. The van der Waals surface area contributed by atoms with E-state index in [0.29, 0.717) is 0 Å². The van der Waals surface area contributed by atoms with Gasteiger partial charge < -0.3 is 4.31 Å². The Kier molecular flexibility index (Phi) is 2.59. The van der Waals surface area contributed by atoms with Gasteiger partial charge in [0.05, 0.1) is 15.5 Å². The molecule has 6 heteroatoms. The van der Waals surface area contributed by atoms with Crippen molar-refractivity contribution in [3.63, 3.8) is 0 Å². The highest BCUT2D eigenvalue weighted by Crippen LogP contribution is 2.37. The third-order valence-electron chi connectivity index (χ3n) is 2.01. The number of rotatable bonds is 2. The fourth-order valence-electron chi connectivity index (χ4n) is 1.22. The number of benzene rings is 1. The van der Waals surface area contributed by atoms with Crippen LogP contribution in [-0.4, -0.2) is 22.1 Å². The second-order valence-electron chi connectivity index (χ2n) is 2.98. The van der Waals surface area contributed by atoms with Crippen molar-refractivity contribution in [1.82, 2.24) is 4.31 Å². The van der Waals surface area contributed by atoms with Crippen LogP contribution < -0.4 is 0 Å². The number of hydrogen-bond acceptors (Lipinski definition) is 5. The lowest BCUT2D eigenvalue weighted by atomic mass is 10.3. The largest absolute Gasteiger partial charge is 0.303 e. The molecule has 5 nitrogen and oxygen atoms in total. The Hall–Kier alpha value is -1.56. The summed E-state index contributed by atoms with van der Waals surface area (Å²) in [4.78, 5) is 15.2. The number of nitro groups is 1. The zero-order valence-electron chi connectivity index (χ0n) is 8.08. The van der Waals surface area contributed by atoms with E-state index in [1.807, 2.05) is 11.2 Å². The molecule has 2 rings (SSSR count). The van der Waals surface area contributed by atoms with Crippen molar-refractivity contribution >= 4 is 29.7 Å². The Morgan fingerprint density at radius 2 is 2.40 bits per heavy atom. The summed E-state index contributed by atoms with van der Waals surface area (Å²) in [6, 6.07) is 4.70. The first-order chi connectivity index (χ1) is 7.20. The predicted molar refractivity (Wildman–Crippen MR) is 59.5 cm³/mol. The van der Waals surface area contributed by atoms with Crippen LogP contribution in [0.1, 0.15) is 6.92 Å². The van der Waals surface area contributed by atoms with Gasteiger partial charge in [-0.1, -0.05) is 0 Å². The van der Waals surface area contributed by atoms with Gasteiger partial charge >= 0.3 is 0 Å². The second-order valence-corrected chi connectivity index (χ2v) is 4.07. The molecule has 78 valence electrons. The van der Waals surface area contributed by atoms with Gasteiger partial charge in [-0.2, -0.15) is 0 Å². The minimum Gasteiger partial charge on any atom is -0.303 e. The number of nitrogens with zero attached hydrogens (tertiary/aromatic N) is 3. The normalized spacial score (nSPS) is 13.8. The van der Waals surface area contributed by atoms with E-state index in [9.17, 15) is 10.1 Å². The van der Waals surface area contributed by atoms with Crippen molar-refractivity contribution in [2.75, 3.05) is 6.54 Å². The summed E-state index contributed by atoms with van der Waals surface area (Å²) in [5.74, 6) is 0. The minimum atomic E-state index is -0.393. The van der Waals surface area contributed by atoms with Crippen LogP contribution in [-0.2, 0) is 0 Å². The van der Waals surface area contributed by atoms with Crippen LogP contribution in [0.5, 0.6) is 0 Å². The van der Waals surface area contributed by atoms with Gasteiger partial charge in [0.25, 0.3) is 5.69 Å². The van der Waals surface area contributed by atoms with Crippen molar-refractivity contribution in [2.24, 2.45) is 4.99 Å². The molecule has 1 aliphatic heterocycles. The average Bonchev–Trinajstić information content (AvgIpc) is 2.27. The Labute approximate surface area is 91.1 Å². The van der Waals surface area contributed by atoms with E-state index in [2.05, 4.69) is 4.99 Å². The summed E-state index contributed by atoms with van der Waals surface area (Å²) < 4.78 is 1.92. The Balaban J connectivity index is 2.37. The van der Waals surface area contributed by atoms with Crippen molar-refractivity contribution in [3.8, 4) is 0 Å². The van der Waals surface area contributed by atoms with Gasteiger partial charge in [-0.25, -0.2) is 4.99 Å². The lowest BCUT2D eigenvalue weighted by Gasteiger charge is -2.20. The molecule has 0 aliphatic carbocycles. The molecule has 0 atom stereocenters. The number of aliphatic imine (C=N–C) groups is 1. The molecule has 0 saturated heterocycles. The second kappa shape index (κ2) is 3.90. The van der Waals surface area contributed by atoms with E-state index >= 15 is 0 Å². The average molecular weight is 223 g/mol. The van der Waals surface area contributed by atoms with Crippen LogP contribution >= 0.6 is 11.9 Å². The molecule has 0 saturated carbocycles. The zero-order chi connectivity index (χ0) is 10.8. The smallest absolute Gasteiger partial charge is 0.270 e. The topological polar surface area (TPSA) is 58.7 Å². The monoisotopic (exact) mass is 223 g/mol. The molecular weight excluding hydrogens is 214 g/mol. The third-order valence-corrected chi connectivity index (χ3v) is 3.12. The summed E-state index contributed by atoms with van der Waals surface area (Å²) in [6.07, 6.45) is 1.73. The van der Waals surface area contributed by atoms with Gasteiger partial charge in [0, 0.05) is 18.7 Å². The molecule has 1 aromatic rings. The van der Waals surface area contributed by atoms with Gasteiger partial charge in [0.2, 0.25) is 0 Å². The maximum Gasteiger partial charge on any atom is 0.270 e. The van der Waals surface area contributed by atoms with Crippen LogP contribution in [0.2, 0.25) is 0 Å². The maximum absolute atomic E-state index is 10.6. The van der Waals surface area contributed by atoms with Crippen LogP contribution in [0.4, 0.5) is 11.4 Å². The summed E-state index contributed by atoms with van der Waals surface area (Å²) in [5, 5.41) is 10.6. The van der Waals surface area contributed by atoms with E-state index < -0.39 is 4.92 Å². The number of non-ortho nitro benzene ring substituents is 1. The van der Waals surface area contributed by atoms with Crippen molar-refractivity contribution in [2.45, 2.75) is 11.8 Å². The summed E-state index contributed by atoms with van der Waals surface area (Å²) >= 11 is 1.47. The Bertz CT molecular complexity index is 433. The van der Waals surface area contributed by atoms with Gasteiger partial charge in [0.1, 0.15) is 6.34 Å². The van der Waals surface area contributed by atoms with Crippen molar-refractivity contribution < 1.29 is 4.92 Å². The molecule has 0 radical (unpaired) electrons. The molecule has 0 fully saturated rings. The number of fused-ring (bicyclic) bond motifs is 1. The van der Waals surface area contributed by atoms with Crippen LogP contribution in [0.15, 0.2) is 28.1 Å². The number of nitro benzene ring substituents is 1. The summed E-state index contributed by atoms with van der Waals surface area (Å²) in [7, 11) is 0. The fourth-order valence-corrected chi connectivity index (χ4v) is 2.08.